The van der Waals surface area contributed by atoms with E-state index in [1.54, 1.807) is 48.5 Å². The number of hydrogen-bond donors (Lipinski definition) is 2. The van der Waals surface area contributed by atoms with Gasteiger partial charge in [0, 0.05) is 23.0 Å². The number of fused-ring (bicyclic) bond motifs is 1. The fraction of sp³-hybridized carbons (Fsp3) is 0.483. The molecule has 1 atom stereocenters. The molecule has 11 heteroatoms. The molecule has 2 aromatic carbocycles. The molecule has 5 rings (SSSR count). The Labute approximate surface area is 245 Å². The average Bonchev–Trinajstić information content (AvgIpc) is 3.29. The predicted molar refractivity (Wildman–Crippen MR) is 160 cm³/mol. The van der Waals surface area contributed by atoms with Crippen molar-refractivity contribution in [3.05, 3.63) is 58.8 Å². The van der Waals surface area contributed by atoms with Gasteiger partial charge >= 0.3 is 0 Å². The molecule has 1 aromatic heterocycles. The molecule has 0 radical (unpaired) electrons. The fourth-order valence-corrected chi connectivity index (χ4v) is 8.19. The van der Waals surface area contributed by atoms with Crippen molar-refractivity contribution in [2.45, 2.75) is 68.5 Å². The average molecular weight is 605 g/mol. The number of halogens is 2. The van der Waals surface area contributed by atoms with Gasteiger partial charge in [0.15, 0.2) is 9.84 Å². The van der Waals surface area contributed by atoms with Gasteiger partial charge in [-0.05, 0) is 86.5 Å². The van der Waals surface area contributed by atoms with Crippen molar-refractivity contribution < 1.29 is 13.2 Å². The van der Waals surface area contributed by atoms with Gasteiger partial charge in [0.1, 0.15) is 11.9 Å². The molecule has 2 heterocycles. The highest BCUT2D eigenvalue weighted by molar-refractivity contribution is 7.91. The molecule has 0 bridgehead atoms. The maximum atomic E-state index is 14.0. The third-order valence-corrected chi connectivity index (χ3v) is 10.3. The lowest BCUT2D eigenvalue weighted by atomic mass is 9.79. The minimum absolute atomic E-state index is 0.0669. The summed E-state index contributed by atoms with van der Waals surface area (Å²) < 4.78 is 27.3. The molecular weight excluding hydrogens is 569 g/mol. The summed E-state index contributed by atoms with van der Waals surface area (Å²) in [7, 11) is -3.63. The van der Waals surface area contributed by atoms with E-state index in [1.807, 2.05) is 4.90 Å². The van der Waals surface area contributed by atoms with Gasteiger partial charge in [-0.2, -0.15) is 0 Å². The summed E-state index contributed by atoms with van der Waals surface area (Å²) in [5.74, 6) is 0.738. The van der Waals surface area contributed by atoms with E-state index in [4.69, 9.17) is 23.2 Å². The monoisotopic (exact) mass is 603 g/mol. The van der Waals surface area contributed by atoms with Crippen molar-refractivity contribution >= 4 is 55.7 Å². The summed E-state index contributed by atoms with van der Waals surface area (Å²) in [4.78, 5) is 24.7. The number of sulfone groups is 1. The van der Waals surface area contributed by atoms with Gasteiger partial charge in [-0.15, -0.1) is 0 Å². The highest BCUT2D eigenvalue weighted by Crippen LogP contribution is 2.40. The van der Waals surface area contributed by atoms with Crippen LogP contribution in [0.3, 0.4) is 0 Å². The number of benzene rings is 2. The predicted octanol–water partition coefficient (Wildman–Crippen LogP) is 5.35. The number of aromatic nitrogens is 2. The Morgan fingerprint density at radius 1 is 1.05 bits per heavy atom. The quantitative estimate of drug-likeness (QED) is 0.318. The molecule has 8 nitrogen and oxygen atoms in total. The van der Waals surface area contributed by atoms with Crippen LogP contribution in [0.5, 0.6) is 0 Å². The zero-order chi connectivity index (χ0) is 28.5. The van der Waals surface area contributed by atoms with E-state index in [0.29, 0.717) is 59.5 Å². The lowest BCUT2D eigenvalue weighted by Crippen LogP contribution is -2.58. The zero-order valence-electron chi connectivity index (χ0n) is 22.7. The first-order valence-electron chi connectivity index (χ1n) is 13.8. The number of hydrogen-bond acceptors (Lipinski definition) is 7. The number of nitrogens with one attached hydrogen (secondary N) is 2. The summed E-state index contributed by atoms with van der Waals surface area (Å²) in [5, 5.41) is 8.15. The number of nitrogens with zero attached hydrogens (tertiary/aromatic N) is 3. The fourth-order valence-electron chi connectivity index (χ4n) is 5.95. The van der Waals surface area contributed by atoms with Crippen LogP contribution in [0, 0.1) is 5.92 Å². The number of rotatable bonds is 9. The van der Waals surface area contributed by atoms with Crippen LogP contribution in [0.1, 0.15) is 46.0 Å². The molecule has 2 aliphatic rings. The standard InChI is InChI=1S/C29H35Cl2N5O3S/c1-19(2)17-32-21-10-13-29(14-11-21,18-40(38,39)22-6-4-3-5-7-22)36-15-12-25(27(36)37)33-26-23-16-20(30)8-9-24(23)34-28(31)35-26/h3-9,16,19,21,25,32H,10-15,17-18H2,1-2H3,(H,33,34,35)/t21?,25-,29?/m0/s1. The van der Waals surface area contributed by atoms with Gasteiger partial charge in [-0.25, -0.2) is 18.4 Å². The Morgan fingerprint density at radius 3 is 2.48 bits per heavy atom. The van der Waals surface area contributed by atoms with Crippen LogP contribution in [0.25, 0.3) is 10.9 Å². The zero-order valence-corrected chi connectivity index (χ0v) is 25.1. The van der Waals surface area contributed by atoms with Gasteiger partial charge in [0.2, 0.25) is 11.2 Å². The summed E-state index contributed by atoms with van der Waals surface area (Å²) >= 11 is 12.4. The van der Waals surface area contributed by atoms with Crippen LogP contribution in [0.15, 0.2) is 53.4 Å². The molecular formula is C29H35Cl2N5O3S. The van der Waals surface area contributed by atoms with Crippen LogP contribution in [-0.4, -0.2) is 65.7 Å². The Morgan fingerprint density at radius 2 is 1.77 bits per heavy atom. The van der Waals surface area contributed by atoms with Crippen molar-refractivity contribution in [2.24, 2.45) is 5.92 Å². The highest BCUT2D eigenvalue weighted by atomic mass is 35.5. The van der Waals surface area contributed by atoms with E-state index < -0.39 is 21.4 Å². The maximum absolute atomic E-state index is 14.0. The summed E-state index contributed by atoms with van der Waals surface area (Å²) in [6.45, 7) is 5.71. The third kappa shape index (κ3) is 6.22. The molecule has 3 aromatic rings. The van der Waals surface area contributed by atoms with E-state index in [-0.39, 0.29) is 21.8 Å². The summed E-state index contributed by atoms with van der Waals surface area (Å²) in [6, 6.07) is 13.5. The van der Waals surface area contributed by atoms with E-state index in [2.05, 4.69) is 34.4 Å². The number of likely N-dealkylation sites (tertiary alicyclic amines) is 1. The number of carbonyl (C=O) groups is 1. The highest BCUT2D eigenvalue weighted by Gasteiger charge is 2.49. The first kappa shape index (κ1) is 29.0. The molecule has 0 spiro atoms. The molecule has 1 aliphatic carbocycles. The summed E-state index contributed by atoms with van der Waals surface area (Å²) in [5.41, 5.74) is -0.167. The number of anilines is 1. The second kappa shape index (κ2) is 11.8. The minimum atomic E-state index is -3.63. The van der Waals surface area contributed by atoms with E-state index in [1.165, 1.54) is 0 Å². The van der Waals surface area contributed by atoms with Crippen LogP contribution >= 0.6 is 23.2 Å². The van der Waals surface area contributed by atoms with Crippen molar-refractivity contribution in [2.75, 3.05) is 24.2 Å². The van der Waals surface area contributed by atoms with Gasteiger partial charge in [0.25, 0.3) is 0 Å². The van der Waals surface area contributed by atoms with Crippen LogP contribution < -0.4 is 10.6 Å². The number of amides is 1. The van der Waals surface area contributed by atoms with Gasteiger partial charge in [-0.1, -0.05) is 43.6 Å². The maximum Gasteiger partial charge on any atom is 0.245 e. The van der Waals surface area contributed by atoms with Crippen LogP contribution in [0.4, 0.5) is 5.82 Å². The molecule has 2 fully saturated rings. The molecule has 1 saturated carbocycles. The normalized spacial score (nSPS) is 23.7. The Hall–Kier alpha value is -2.46. The lowest BCUT2D eigenvalue weighted by Gasteiger charge is -2.46. The van der Waals surface area contributed by atoms with Crippen LogP contribution in [0.2, 0.25) is 10.3 Å². The molecule has 1 amide bonds. The smallest absolute Gasteiger partial charge is 0.245 e. The second-order valence-electron chi connectivity index (χ2n) is 11.4. The van der Waals surface area contributed by atoms with Crippen molar-refractivity contribution in [1.82, 2.24) is 20.2 Å². The van der Waals surface area contributed by atoms with Gasteiger partial charge in [0.05, 0.1) is 21.7 Å². The van der Waals surface area contributed by atoms with E-state index in [9.17, 15) is 13.2 Å². The Balaban J connectivity index is 1.41. The molecule has 1 saturated heterocycles. The molecule has 1 aliphatic heterocycles. The number of carbonyl (C=O) groups excluding carboxylic acids is 1. The SMILES string of the molecule is CC(C)CNC1CCC(CS(=O)(=O)c2ccccc2)(N2CC[C@H](Nc3nc(Cl)nc4ccc(Cl)cc34)C2=O)CC1. The molecule has 0 unspecified atom stereocenters. The Bertz CT molecular complexity index is 1480. The largest absolute Gasteiger partial charge is 0.358 e. The Kier molecular flexibility index (Phi) is 8.57. The molecule has 2 N–H and O–H groups in total. The topological polar surface area (TPSA) is 104 Å². The van der Waals surface area contributed by atoms with Crippen molar-refractivity contribution in [1.29, 1.82) is 0 Å². The van der Waals surface area contributed by atoms with Crippen molar-refractivity contribution in [3.63, 3.8) is 0 Å². The van der Waals surface area contributed by atoms with Crippen LogP contribution in [-0.2, 0) is 14.6 Å². The molecule has 40 heavy (non-hydrogen) atoms. The summed E-state index contributed by atoms with van der Waals surface area (Å²) in [6.07, 6.45) is 3.37. The van der Waals surface area contributed by atoms with Gasteiger partial charge in [-0.3, -0.25) is 4.79 Å². The second-order valence-corrected chi connectivity index (χ2v) is 14.1. The van der Waals surface area contributed by atoms with Gasteiger partial charge < -0.3 is 15.5 Å². The third-order valence-electron chi connectivity index (χ3n) is 8.01. The first-order chi connectivity index (χ1) is 19.1. The van der Waals surface area contributed by atoms with Crippen molar-refractivity contribution in [3.8, 4) is 0 Å². The first-order valence-corrected chi connectivity index (χ1v) is 16.2. The molecule has 214 valence electrons. The van der Waals surface area contributed by atoms with E-state index in [0.717, 1.165) is 19.4 Å². The lowest BCUT2D eigenvalue weighted by molar-refractivity contribution is -0.134. The minimum Gasteiger partial charge on any atom is -0.358 e. The van der Waals surface area contributed by atoms with E-state index >= 15 is 0 Å².